The lowest BCUT2D eigenvalue weighted by atomic mass is 10.0. The summed E-state index contributed by atoms with van der Waals surface area (Å²) in [6.07, 6.45) is 3.58. The molecule has 0 radical (unpaired) electrons. The Labute approximate surface area is 116 Å². The van der Waals surface area contributed by atoms with Gasteiger partial charge in [0.15, 0.2) is 0 Å². The molecule has 104 valence electrons. The zero-order valence-electron chi connectivity index (χ0n) is 10.9. The number of rotatable bonds is 3. The van der Waals surface area contributed by atoms with Crippen LogP contribution < -0.4 is 11.1 Å². The van der Waals surface area contributed by atoms with Crippen LogP contribution in [0.15, 0.2) is 42.7 Å². The summed E-state index contributed by atoms with van der Waals surface area (Å²) < 4.78 is 6.96. The Bertz CT molecular complexity index is 580. The van der Waals surface area contributed by atoms with Crippen molar-refractivity contribution in [3.63, 3.8) is 0 Å². The molecule has 2 unspecified atom stereocenters. The first kappa shape index (κ1) is 12.8. The van der Waals surface area contributed by atoms with Crippen molar-refractivity contribution in [1.29, 1.82) is 0 Å². The maximum absolute atomic E-state index is 12.1. The van der Waals surface area contributed by atoms with Crippen LogP contribution in [0.5, 0.6) is 0 Å². The van der Waals surface area contributed by atoms with E-state index in [1.807, 2.05) is 36.5 Å². The van der Waals surface area contributed by atoms with E-state index in [0.717, 1.165) is 11.4 Å². The normalized spacial score (nSPS) is 21.9. The van der Waals surface area contributed by atoms with E-state index in [4.69, 9.17) is 10.5 Å². The molecule has 1 aliphatic rings. The molecule has 2 heterocycles. The Hall–Kier alpha value is -2.18. The average molecular weight is 272 g/mol. The highest BCUT2D eigenvalue weighted by Gasteiger charge is 2.31. The van der Waals surface area contributed by atoms with Crippen LogP contribution in [0.4, 0.5) is 5.69 Å². The van der Waals surface area contributed by atoms with Crippen LogP contribution in [-0.2, 0) is 9.53 Å². The number of carbonyl (C=O) groups is 1. The summed E-state index contributed by atoms with van der Waals surface area (Å²) in [5, 5.41) is 7.00. The van der Waals surface area contributed by atoms with Crippen LogP contribution >= 0.6 is 0 Å². The van der Waals surface area contributed by atoms with Crippen molar-refractivity contribution >= 4 is 11.6 Å². The maximum Gasteiger partial charge on any atom is 0.231 e. The van der Waals surface area contributed by atoms with E-state index in [1.54, 1.807) is 10.9 Å². The van der Waals surface area contributed by atoms with Crippen LogP contribution in [0.2, 0.25) is 0 Å². The fourth-order valence-electron chi connectivity index (χ4n) is 2.19. The fraction of sp³-hybridized carbons (Fsp3) is 0.286. The highest BCUT2D eigenvalue weighted by molar-refractivity contribution is 5.93. The minimum atomic E-state index is -0.277. The fourth-order valence-corrected chi connectivity index (χ4v) is 2.19. The van der Waals surface area contributed by atoms with Gasteiger partial charge >= 0.3 is 0 Å². The van der Waals surface area contributed by atoms with Crippen molar-refractivity contribution in [3.8, 4) is 5.69 Å². The highest BCUT2D eigenvalue weighted by atomic mass is 16.5. The third-order valence-corrected chi connectivity index (χ3v) is 3.37. The van der Waals surface area contributed by atoms with Crippen LogP contribution in [0.1, 0.15) is 0 Å². The molecule has 0 saturated carbocycles. The lowest BCUT2D eigenvalue weighted by molar-refractivity contribution is -0.120. The molecule has 1 aliphatic heterocycles. The first-order valence-corrected chi connectivity index (χ1v) is 6.48. The molecule has 1 amide bonds. The summed E-state index contributed by atoms with van der Waals surface area (Å²) in [7, 11) is 0. The van der Waals surface area contributed by atoms with Gasteiger partial charge in [-0.05, 0) is 30.3 Å². The molecule has 2 atom stereocenters. The second kappa shape index (κ2) is 5.44. The third-order valence-electron chi connectivity index (χ3n) is 3.37. The van der Waals surface area contributed by atoms with Gasteiger partial charge in [-0.1, -0.05) is 0 Å². The highest BCUT2D eigenvalue weighted by Crippen LogP contribution is 2.17. The van der Waals surface area contributed by atoms with Gasteiger partial charge in [-0.3, -0.25) is 4.79 Å². The summed E-state index contributed by atoms with van der Waals surface area (Å²) in [4.78, 5) is 12.1. The Morgan fingerprint density at radius 1 is 1.35 bits per heavy atom. The average Bonchev–Trinajstić information content (AvgIpc) is 3.10. The predicted octanol–water partition coefficient (Wildman–Crippen LogP) is 0.784. The van der Waals surface area contributed by atoms with Crippen LogP contribution in [0.3, 0.4) is 0 Å². The number of carbonyl (C=O) groups excluding carboxylic acids is 1. The van der Waals surface area contributed by atoms with E-state index in [2.05, 4.69) is 10.4 Å². The van der Waals surface area contributed by atoms with E-state index < -0.39 is 0 Å². The Kier molecular flexibility index (Phi) is 3.49. The molecule has 1 aromatic carbocycles. The van der Waals surface area contributed by atoms with Crippen molar-refractivity contribution in [2.45, 2.75) is 6.04 Å². The van der Waals surface area contributed by atoms with Crippen molar-refractivity contribution in [2.24, 2.45) is 11.7 Å². The van der Waals surface area contributed by atoms with E-state index in [1.165, 1.54) is 0 Å². The summed E-state index contributed by atoms with van der Waals surface area (Å²) in [6, 6.07) is 9.11. The van der Waals surface area contributed by atoms with Gasteiger partial charge in [0.1, 0.15) is 0 Å². The van der Waals surface area contributed by atoms with Crippen LogP contribution in [0.25, 0.3) is 5.69 Å². The van der Waals surface area contributed by atoms with E-state index >= 15 is 0 Å². The lowest BCUT2D eigenvalue weighted by Crippen LogP contribution is -2.37. The third kappa shape index (κ3) is 2.56. The van der Waals surface area contributed by atoms with E-state index in [9.17, 15) is 4.79 Å². The largest absolute Gasteiger partial charge is 0.379 e. The molecule has 2 aromatic rings. The lowest BCUT2D eigenvalue weighted by Gasteiger charge is -2.13. The Morgan fingerprint density at radius 2 is 2.15 bits per heavy atom. The summed E-state index contributed by atoms with van der Waals surface area (Å²) >= 11 is 0. The molecule has 1 saturated heterocycles. The molecule has 1 fully saturated rings. The number of ether oxygens (including phenoxy) is 1. The van der Waals surface area contributed by atoms with Crippen LogP contribution in [-0.4, -0.2) is 34.9 Å². The maximum atomic E-state index is 12.1. The monoisotopic (exact) mass is 272 g/mol. The molecule has 3 N–H and O–H groups in total. The van der Waals surface area contributed by atoms with Crippen molar-refractivity contribution in [1.82, 2.24) is 9.78 Å². The number of benzene rings is 1. The van der Waals surface area contributed by atoms with Gasteiger partial charge in [-0.15, -0.1) is 0 Å². The number of nitrogens with zero attached hydrogens (tertiary/aromatic N) is 2. The molecule has 1 aromatic heterocycles. The van der Waals surface area contributed by atoms with E-state index in [-0.39, 0.29) is 17.9 Å². The minimum Gasteiger partial charge on any atom is -0.379 e. The Balaban J connectivity index is 1.68. The second-order valence-corrected chi connectivity index (χ2v) is 4.79. The minimum absolute atomic E-state index is 0.0955. The summed E-state index contributed by atoms with van der Waals surface area (Å²) in [5.74, 6) is -0.373. The summed E-state index contributed by atoms with van der Waals surface area (Å²) in [5.41, 5.74) is 7.50. The van der Waals surface area contributed by atoms with Gasteiger partial charge in [0, 0.05) is 24.1 Å². The number of hydrogen-bond donors (Lipinski definition) is 2. The van der Waals surface area contributed by atoms with Gasteiger partial charge in [-0.25, -0.2) is 4.68 Å². The molecule has 0 spiro atoms. The zero-order valence-corrected chi connectivity index (χ0v) is 10.9. The van der Waals surface area contributed by atoms with Crippen molar-refractivity contribution in [2.75, 3.05) is 18.5 Å². The number of aromatic nitrogens is 2. The number of nitrogens with two attached hydrogens (primary N) is 1. The number of nitrogens with one attached hydrogen (secondary N) is 1. The predicted molar refractivity (Wildman–Crippen MR) is 74.5 cm³/mol. The topological polar surface area (TPSA) is 82.2 Å². The van der Waals surface area contributed by atoms with Gasteiger partial charge in [0.2, 0.25) is 5.91 Å². The second-order valence-electron chi connectivity index (χ2n) is 4.79. The molecule has 6 nitrogen and oxygen atoms in total. The van der Waals surface area contributed by atoms with Gasteiger partial charge in [-0.2, -0.15) is 5.10 Å². The first-order chi connectivity index (χ1) is 9.74. The molecule has 3 rings (SSSR count). The molecular weight excluding hydrogens is 256 g/mol. The molecule has 20 heavy (non-hydrogen) atoms. The Morgan fingerprint density at radius 3 is 2.75 bits per heavy atom. The molecule has 0 aliphatic carbocycles. The first-order valence-electron chi connectivity index (χ1n) is 6.48. The van der Waals surface area contributed by atoms with Gasteiger partial charge in [0.25, 0.3) is 0 Å². The van der Waals surface area contributed by atoms with Crippen LogP contribution in [0, 0.1) is 5.92 Å². The van der Waals surface area contributed by atoms with Crippen molar-refractivity contribution in [3.05, 3.63) is 42.7 Å². The zero-order chi connectivity index (χ0) is 13.9. The van der Waals surface area contributed by atoms with Gasteiger partial charge in [0.05, 0.1) is 24.8 Å². The number of amides is 1. The van der Waals surface area contributed by atoms with Gasteiger partial charge < -0.3 is 15.8 Å². The quantitative estimate of drug-likeness (QED) is 0.865. The number of anilines is 1. The molecule has 6 heteroatoms. The molecular formula is C14H16N4O2. The number of hydrogen-bond acceptors (Lipinski definition) is 4. The SMILES string of the molecule is NC1COCC1C(=O)Nc1ccc(-n2cccn2)cc1. The summed E-state index contributed by atoms with van der Waals surface area (Å²) in [6.45, 7) is 0.828. The van der Waals surface area contributed by atoms with E-state index in [0.29, 0.717) is 13.2 Å². The molecule has 0 bridgehead atoms. The van der Waals surface area contributed by atoms with Crippen molar-refractivity contribution < 1.29 is 9.53 Å². The standard InChI is InChI=1S/C14H16N4O2/c15-13-9-20-8-12(13)14(19)17-10-2-4-11(5-3-10)18-7-1-6-16-18/h1-7,12-13H,8-9,15H2,(H,17,19). The smallest absolute Gasteiger partial charge is 0.231 e.